The number of nitrogens with one attached hydrogen (secondary N) is 1. The zero-order valence-electron chi connectivity index (χ0n) is 12.0. The molecule has 0 spiro atoms. The van der Waals surface area contributed by atoms with Crippen LogP contribution >= 0.6 is 11.6 Å². The maximum absolute atomic E-state index is 13.5. The molecule has 0 aromatic heterocycles. The molecule has 0 atom stereocenters. The Morgan fingerprint density at radius 3 is 2.19 bits per heavy atom. The van der Waals surface area contributed by atoms with Crippen LogP contribution in [-0.2, 0) is 12.4 Å². The van der Waals surface area contributed by atoms with E-state index in [2.05, 4.69) is 5.32 Å². The number of carbonyl (C=O) groups excluding carboxylic acids is 1. The van der Waals surface area contributed by atoms with Crippen molar-refractivity contribution in [3.05, 3.63) is 70.0 Å². The highest BCUT2D eigenvalue weighted by molar-refractivity contribution is 6.17. The van der Waals surface area contributed by atoms with Crippen molar-refractivity contribution in [1.29, 1.82) is 0 Å². The lowest BCUT2D eigenvalue weighted by Crippen LogP contribution is -2.22. The molecule has 0 aliphatic carbocycles. The second-order valence-corrected chi connectivity index (χ2v) is 5.32. The van der Waals surface area contributed by atoms with Crippen LogP contribution in [0.5, 0.6) is 0 Å². The third-order valence-electron chi connectivity index (χ3n) is 3.32. The summed E-state index contributed by atoms with van der Waals surface area (Å²) in [5.74, 6) is 0.0771. The molecular formula is C17H17ClFNO. The van der Waals surface area contributed by atoms with Gasteiger partial charge < -0.3 is 5.32 Å². The molecule has 1 N–H and O–H groups in total. The molecule has 0 saturated heterocycles. The molecule has 1 amide bonds. The van der Waals surface area contributed by atoms with Gasteiger partial charge in [-0.15, -0.1) is 11.6 Å². The topological polar surface area (TPSA) is 29.1 Å². The fourth-order valence-electron chi connectivity index (χ4n) is 2.17. The average molecular weight is 306 g/mol. The largest absolute Gasteiger partial charge is 0.348 e. The fourth-order valence-corrected chi connectivity index (χ4v) is 2.35. The zero-order valence-corrected chi connectivity index (χ0v) is 12.8. The minimum Gasteiger partial charge on any atom is -0.348 e. The Morgan fingerprint density at radius 1 is 1.10 bits per heavy atom. The van der Waals surface area contributed by atoms with Crippen LogP contribution in [0.3, 0.4) is 0 Å². The molecule has 0 fully saturated rings. The second kappa shape index (κ2) is 6.72. The lowest BCUT2D eigenvalue weighted by Gasteiger charge is -2.09. The predicted octanol–water partition coefficient (Wildman–Crippen LogP) is 4.11. The Hall–Kier alpha value is -1.87. The van der Waals surface area contributed by atoms with Crippen LogP contribution in [0.25, 0.3) is 0 Å². The molecule has 0 radical (unpaired) electrons. The molecule has 0 aliphatic rings. The summed E-state index contributed by atoms with van der Waals surface area (Å²) in [5, 5.41) is 2.83. The van der Waals surface area contributed by atoms with E-state index in [0.29, 0.717) is 29.1 Å². The molecule has 0 bridgehead atoms. The summed E-state index contributed by atoms with van der Waals surface area (Å²) < 4.78 is 13.5. The van der Waals surface area contributed by atoms with Gasteiger partial charge in [-0.25, -0.2) is 4.39 Å². The number of carbonyl (C=O) groups is 1. The van der Waals surface area contributed by atoms with Crippen molar-refractivity contribution in [2.45, 2.75) is 26.3 Å². The molecule has 2 nitrogen and oxygen atoms in total. The van der Waals surface area contributed by atoms with E-state index in [0.717, 1.165) is 11.1 Å². The third-order valence-corrected chi connectivity index (χ3v) is 3.63. The van der Waals surface area contributed by atoms with Gasteiger partial charge >= 0.3 is 0 Å². The standard InChI is InChI=1S/C17H17ClFNO/c1-11-7-14(8-12(2)16(11)19)10-20-17(21)15-5-3-13(9-18)4-6-15/h3-8H,9-10H2,1-2H3,(H,20,21). The summed E-state index contributed by atoms with van der Waals surface area (Å²) in [5.41, 5.74) is 3.62. The van der Waals surface area contributed by atoms with Crippen molar-refractivity contribution >= 4 is 17.5 Å². The zero-order chi connectivity index (χ0) is 15.4. The summed E-state index contributed by atoms with van der Waals surface area (Å²) in [6.45, 7) is 3.81. The summed E-state index contributed by atoms with van der Waals surface area (Å²) in [6, 6.07) is 10.6. The summed E-state index contributed by atoms with van der Waals surface area (Å²) in [6.07, 6.45) is 0. The molecule has 21 heavy (non-hydrogen) atoms. The number of hydrogen-bond acceptors (Lipinski definition) is 1. The van der Waals surface area contributed by atoms with E-state index in [1.165, 1.54) is 0 Å². The second-order valence-electron chi connectivity index (χ2n) is 5.06. The minimum atomic E-state index is -0.193. The normalized spacial score (nSPS) is 10.5. The molecule has 2 aromatic carbocycles. The van der Waals surface area contributed by atoms with Crippen LogP contribution in [0.4, 0.5) is 4.39 Å². The average Bonchev–Trinajstić information content (AvgIpc) is 2.50. The molecule has 0 unspecified atom stereocenters. The molecule has 0 aliphatic heterocycles. The molecule has 4 heteroatoms. The molecule has 0 heterocycles. The smallest absolute Gasteiger partial charge is 0.251 e. The van der Waals surface area contributed by atoms with Crippen molar-refractivity contribution in [3.63, 3.8) is 0 Å². The van der Waals surface area contributed by atoms with Crippen molar-refractivity contribution in [2.24, 2.45) is 0 Å². The summed E-state index contributed by atoms with van der Waals surface area (Å²) in [7, 11) is 0. The van der Waals surface area contributed by atoms with E-state index in [1.807, 2.05) is 12.1 Å². The number of aryl methyl sites for hydroxylation is 2. The Labute approximate surface area is 128 Å². The Kier molecular flexibility index (Phi) is 4.97. The highest BCUT2D eigenvalue weighted by atomic mass is 35.5. The van der Waals surface area contributed by atoms with Crippen LogP contribution in [0, 0.1) is 19.7 Å². The van der Waals surface area contributed by atoms with Crippen LogP contribution in [0.2, 0.25) is 0 Å². The van der Waals surface area contributed by atoms with Crippen LogP contribution in [0.1, 0.15) is 32.6 Å². The summed E-state index contributed by atoms with van der Waals surface area (Å²) in [4.78, 5) is 12.0. The van der Waals surface area contributed by atoms with E-state index in [-0.39, 0.29) is 11.7 Å². The number of benzene rings is 2. The first-order chi connectivity index (χ1) is 10.0. The number of amides is 1. The Morgan fingerprint density at radius 2 is 1.67 bits per heavy atom. The van der Waals surface area contributed by atoms with Gasteiger partial charge in [-0.05, 0) is 48.2 Å². The van der Waals surface area contributed by atoms with Gasteiger partial charge in [-0.1, -0.05) is 24.3 Å². The van der Waals surface area contributed by atoms with Crippen molar-refractivity contribution < 1.29 is 9.18 Å². The number of alkyl halides is 1. The monoisotopic (exact) mass is 305 g/mol. The van der Waals surface area contributed by atoms with Gasteiger partial charge in [0, 0.05) is 18.0 Å². The Bertz CT molecular complexity index is 629. The van der Waals surface area contributed by atoms with E-state index in [9.17, 15) is 9.18 Å². The predicted molar refractivity (Wildman–Crippen MR) is 83.0 cm³/mol. The van der Waals surface area contributed by atoms with Crippen molar-refractivity contribution in [2.75, 3.05) is 0 Å². The van der Waals surface area contributed by atoms with Gasteiger partial charge in [0.15, 0.2) is 0 Å². The minimum absolute atomic E-state index is 0.157. The van der Waals surface area contributed by atoms with Gasteiger partial charge in [0.05, 0.1) is 0 Å². The van der Waals surface area contributed by atoms with E-state index in [1.54, 1.807) is 38.1 Å². The molecule has 0 saturated carbocycles. The number of rotatable bonds is 4. The quantitative estimate of drug-likeness (QED) is 0.846. The molecule has 2 aromatic rings. The highest BCUT2D eigenvalue weighted by Crippen LogP contribution is 2.15. The van der Waals surface area contributed by atoms with E-state index < -0.39 is 0 Å². The fraction of sp³-hybridized carbons (Fsp3) is 0.235. The van der Waals surface area contributed by atoms with Crippen LogP contribution < -0.4 is 5.32 Å². The van der Waals surface area contributed by atoms with Gasteiger partial charge in [0.1, 0.15) is 5.82 Å². The SMILES string of the molecule is Cc1cc(CNC(=O)c2ccc(CCl)cc2)cc(C)c1F. The summed E-state index contributed by atoms with van der Waals surface area (Å²) >= 11 is 5.71. The molecule has 2 rings (SSSR count). The third kappa shape index (κ3) is 3.82. The van der Waals surface area contributed by atoms with Gasteiger partial charge in [0.2, 0.25) is 0 Å². The molecular weight excluding hydrogens is 289 g/mol. The van der Waals surface area contributed by atoms with Gasteiger partial charge in [0.25, 0.3) is 5.91 Å². The Balaban J connectivity index is 2.03. The lowest BCUT2D eigenvalue weighted by molar-refractivity contribution is 0.0951. The van der Waals surface area contributed by atoms with E-state index in [4.69, 9.17) is 11.6 Å². The van der Waals surface area contributed by atoms with Crippen molar-refractivity contribution in [1.82, 2.24) is 5.32 Å². The first-order valence-electron chi connectivity index (χ1n) is 6.70. The maximum Gasteiger partial charge on any atom is 0.251 e. The first kappa shape index (κ1) is 15.5. The molecule has 110 valence electrons. The van der Waals surface area contributed by atoms with Gasteiger partial charge in [-0.2, -0.15) is 0 Å². The first-order valence-corrected chi connectivity index (χ1v) is 7.23. The van der Waals surface area contributed by atoms with Crippen LogP contribution in [-0.4, -0.2) is 5.91 Å². The number of hydrogen-bond donors (Lipinski definition) is 1. The van der Waals surface area contributed by atoms with Crippen molar-refractivity contribution in [3.8, 4) is 0 Å². The van der Waals surface area contributed by atoms with Crippen LogP contribution in [0.15, 0.2) is 36.4 Å². The van der Waals surface area contributed by atoms with E-state index >= 15 is 0 Å². The number of halogens is 2. The van der Waals surface area contributed by atoms with Gasteiger partial charge in [-0.3, -0.25) is 4.79 Å². The maximum atomic E-state index is 13.5. The highest BCUT2D eigenvalue weighted by Gasteiger charge is 2.07. The lowest BCUT2D eigenvalue weighted by atomic mass is 10.1.